The normalized spacial score (nSPS) is 24.8. The zero-order chi connectivity index (χ0) is 16.3. The van der Waals surface area contributed by atoms with Crippen molar-refractivity contribution < 1.29 is 0 Å². The minimum absolute atomic E-state index is 0.117. The molecule has 1 aliphatic rings. The van der Waals surface area contributed by atoms with E-state index in [1.165, 1.54) is 31.4 Å². The summed E-state index contributed by atoms with van der Waals surface area (Å²) >= 11 is 0. The lowest BCUT2D eigenvalue weighted by molar-refractivity contribution is 0.164. The van der Waals surface area contributed by atoms with Crippen molar-refractivity contribution in [2.45, 2.75) is 74.1 Å². The summed E-state index contributed by atoms with van der Waals surface area (Å²) in [6.07, 6.45) is 7.71. The van der Waals surface area contributed by atoms with Crippen LogP contribution in [0.25, 0.3) is 0 Å². The molecule has 0 bridgehead atoms. The topological polar surface area (TPSA) is 12.0 Å². The van der Waals surface area contributed by atoms with Crippen molar-refractivity contribution in [3.05, 3.63) is 23.9 Å². The van der Waals surface area contributed by atoms with E-state index in [0.717, 1.165) is 18.4 Å². The van der Waals surface area contributed by atoms with Crippen LogP contribution in [0.2, 0.25) is 0 Å². The maximum absolute atomic E-state index is 4.31. The van der Waals surface area contributed by atoms with Crippen molar-refractivity contribution in [3.8, 4) is 0 Å². The van der Waals surface area contributed by atoms with Crippen LogP contribution >= 0.6 is 0 Å². The first kappa shape index (κ1) is 18.3. The van der Waals surface area contributed by atoms with Crippen LogP contribution in [0.4, 0.5) is 0 Å². The van der Waals surface area contributed by atoms with Crippen LogP contribution in [-0.2, 0) is 0 Å². The van der Waals surface area contributed by atoms with Crippen LogP contribution in [0.3, 0.4) is 0 Å². The lowest BCUT2D eigenvalue weighted by atomic mass is 9.67. The molecule has 0 atom stereocenters. The van der Waals surface area contributed by atoms with Gasteiger partial charge in [0.25, 0.3) is 0 Å². The fourth-order valence-corrected chi connectivity index (χ4v) is 3.00. The third kappa shape index (κ3) is 4.63. The van der Waals surface area contributed by atoms with Crippen LogP contribution in [0, 0.1) is 22.7 Å². The Bertz CT molecular complexity index is 373. The van der Waals surface area contributed by atoms with Gasteiger partial charge in [0.2, 0.25) is 0 Å². The third-order valence-electron chi connectivity index (χ3n) is 6.18. The second kappa shape index (κ2) is 7.03. The summed E-state index contributed by atoms with van der Waals surface area (Å²) in [6.45, 7) is 21.4. The molecule has 0 aromatic carbocycles. The highest BCUT2D eigenvalue weighted by molar-refractivity contribution is 5.10. The minimum atomic E-state index is 0.117. The first-order valence-corrected chi connectivity index (χ1v) is 8.65. The summed E-state index contributed by atoms with van der Waals surface area (Å²) in [5, 5.41) is 3.65. The van der Waals surface area contributed by atoms with Crippen LogP contribution in [0.5, 0.6) is 0 Å². The van der Waals surface area contributed by atoms with Gasteiger partial charge in [-0.3, -0.25) is 0 Å². The van der Waals surface area contributed by atoms with Gasteiger partial charge >= 0.3 is 0 Å². The molecule has 0 aliphatic heterocycles. The van der Waals surface area contributed by atoms with Crippen molar-refractivity contribution >= 4 is 0 Å². The van der Waals surface area contributed by atoms with Gasteiger partial charge in [-0.15, -0.1) is 0 Å². The molecule has 1 rings (SSSR count). The summed E-state index contributed by atoms with van der Waals surface area (Å²) in [4.78, 5) is 0. The van der Waals surface area contributed by atoms with E-state index in [0.29, 0.717) is 0 Å². The highest BCUT2D eigenvalue weighted by atomic mass is 14.9. The maximum atomic E-state index is 4.31. The monoisotopic (exact) mass is 291 g/mol. The lowest BCUT2D eigenvalue weighted by Gasteiger charge is -2.41. The van der Waals surface area contributed by atoms with Gasteiger partial charge in [-0.05, 0) is 56.8 Å². The summed E-state index contributed by atoms with van der Waals surface area (Å²) in [6, 6.07) is 0. The molecule has 0 aromatic rings. The molecular weight excluding hydrogens is 254 g/mol. The second-order valence-electron chi connectivity index (χ2n) is 8.48. The number of rotatable bonds is 5. The average molecular weight is 292 g/mol. The van der Waals surface area contributed by atoms with E-state index in [1.807, 2.05) is 0 Å². The molecule has 1 aliphatic carbocycles. The Morgan fingerprint density at radius 2 is 1.62 bits per heavy atom. The second-order valence-corrected chi connectivity index (χ2v) is 8.48. The van der Waals surface area contributed by atoms with Gasteiger partial charge in [-0.1, -0.05) is 52.8 Å². The van der Waals surface area contributed by atoms with E-state index in [4.69, 9.17) is 0 Å². The Balaban J connectivity index is 2.43. The van der Waals surface area contributed by atoms with Crippen LogP contribution in [0.15, 0.2) is 23.9 Å². The quantitative estimate of drug-likeness (QED) is 0.619. The molecule has 0 amide bonds. The largest absolute Gasteiger partial charge is 0.388 e. The molecule has 0 heterocycles. The smallest absolute Gasteiger partial charge is 0.0172 e. The SMILES string of the molecule is C=C(NCC1CCC(/C(C)=C/C)CC1)C(C)(C)C(C)(C)C. The molecule has 0 spiro atoms. The van der Waals surface area contributed by atoms with E-state index in [2.05, 4.69) is 66.4 Å². The Hall–Kier alpha value is -0.720. The number of hydrogen-bond donors (Lipinski definition) is 1. The van der Waals surface area contributed by atoms with Crippen molar-refractivity contribution in [1.82, 2.24) is 5.32 Å². The maximum Gasteiger partial charge on any atom is 0.0172 e. The summed E-state index contributed by atoms with van der Waals surface area (Å²) < 4.78 is 0. The molecule has 1 N–H and O–H groups in total. The third-order valence-corrected chi connectivity index (χ3v) is 6.18. The van der Waals surface area contributed by atoms with Gasteiger partial charge < -0.3 is 5.32 Å². The fourth-order valence-electron chi connectivity index (χ4n) is 3.00. The van der Waals surface area contributed by atoms with Gasteiger partial charge in [0.1, 0.15) is 0 Å². The first-order chi connectivity index (χ1) is 9.59. The average Bonchev–Trinajstić information content (AvgIpc) is 2.43. The van der Waals surface area contributed by atoms with Crippen LogP contribution in [0.1, 0.15) is 74.1 Å². The number of allylic oxidation sites excluding steroid dienone is 3. The van der Waals surface area contributed by atoms with Gasteiger partial charge in [-0.2, -0.15) is 0 Å². The minimum Gasteiger partial charge on any atom is -0.388 e. The van der Waals surface area contributed by atoms with E-state index in [9.17, 15) is 0 Å². The lowest BCUT2D eigenvalue weighted by Crippen LogP contribution is -2.38. The van der Waals surface area contributed by atoms with Crippen molar-refractivity contribution in [1.29, 1.82) is 0 Å². The standard InChI is InChI=1S/C20H37N/c1-9-15(2)18-12-10-17(11-13-18)14-21-16(3)20(7,8)19(4,5)6/h9,17-18,21H,3,10-14H2,1-2,4-8H3/b15-9+. The van der Waals surface area contributed by atoms with Crippen LogP contribution in [-0.4, -0.2) is 6.54 Å². The molecule has 21 heavy (non-hydrogen) atoms. The Labute approximate surface area is 133 Å². The molecule has 0 unspecified atom stereocenters. The van der Waals surface area contributed by atoms with E-state index in [1.54, 1.807) is 5.57 Å². The molecular formula is C20H37N. The fraction of sp³-hybridized carbons (Fsp3) is 0.800. The number of nitrogens with one attached hydrogen (secondary N) is 1. The predicted molar refractivity (Wildman–Crippen MR) is 95.3 cm³/mol. The van der Waals surface area contributed by atoms with E-state index in [-0.39, 0.29) is 10.8 Å². The Morgan fingerprint density at radius 1 is 1.10 bits per heavy atom. The zero-order valence-corrected chi connectivity index (χ0v) is 15.5. The number of hydrogen-bond acceptors (Lipinski definition) is 1. The predicted octanol–water partition coefficient (Wildman–Crippen LogP) is 5.93. The van der Waals surface area contributed by atoms with Crippen molar-refractivity contribution in [2.24, 2.45) is 22.7 Å². The molecule has 1 heteroatoms. The van der Waals surface area contributed by atoms with E-state index >= 15 is 0 Å². The molecule has 1 fully saturated rings. The molecule has 0 saturated heterocycles. The highest BCUT2D eigenvalue weighted by Gasteiger charge is 2.35. The molecule has 1 nitrogen and oxygen atoms in total. The summed E-state index contributed by atoms with van der Waals surface area (Å²) in [7, 11) is 0. The van der Waals surface area contributed by atoms with Crippen LogP contribution < -0.4 is 5.32 Å². The van der Waals surface area contributed by atoms with Gasteiger partial charge in [-0.25, -0.2) is 0 Å². The Kier molecular flexibility index (Phi) is 6.13. The molecule has 122 valence electrons. The van der Waals surface area contributed by atoms with E-state index < -0.39 is 0 Å². The highest BCUT2D eigenvalue weighted by Crippen LogP contribution is 2.42. The molecule has 1 saturated carbocycles. The first-order valence-electron chi connectivity index (χ1n) is 8.65. The molecule has 0 radical (unpaired) electrons. The Morgan fingerprint density at radius 3 is 2.05 bits per heavy atom. The van der Waals surface area contributed by atoms with Crippen molar-refractivity contribution in [2.75, 3.05) is 6.54 Å². The zero-order valence-electron chi connectivity index (χ0n) is 15.5. The van der Waals surface area contributed by atoms with Gasteiger partial charge in [0.15, 0.2) is 0 Å². The summed E-state index contributed by atoms with van der Waals surface area (Å²) in [5.74, 6) is 1.65. The van der Waals surface area contributed by atoms with Crippen molar-refractivity contribution in [3.63, 3.8) is 0 Å². The molecule has 0 aromatic heterocycles. The summed E-state index contributed by atoms with van der Waals surface area (Å²) in [5.41, 5.74) is 3.13. The van der Waals surface area contributed by atoms with Gasteiger partial charge in [0, 0.05) is 17.7 Å². The van der Waals surface area contributed by atoms with Gasteiger partial charge in [0.05, 0.1) is 0 Å².